The normalized spacial score (nSPS) is 20.3. The Bertz CT molecular complexity index is 1080. The third kappa shape index (κ3) is 5.14. The fourth-order valence-electron chi connectivity index (χ4n) is 3.46. The van der Waals surface area contributed by atoms with Crippen molar-refractivity contribution >= 4 is 21.8 Å². The number of benzene rings is 2. The number of rotatable bonds is 6. The van der Waals surface area contributed by atoms with Crippen LogP contribution in [0.3, 0.4) is 0 Å². The molecule has 2 atom stereocenters. The largest absolute Gasteiger partial charge is 0.465 e. The number of hydrogen-bond acceptors (Lipinski definition) is 5. The number of carbonyl (C=O) groups excluding carboxylic acids is 2. The molecule has 0 aliphatic carbocycles. The molecule has 1 fully saturated rings. The lowest BCUT2D eigenvalue weighted by molar-refractivity contribution is -0.147. The highest BCUT2D eigenvalue weighted by Gasteiger charge is 2.40. The minimum Gasteiger partial charge on any atom is -0.465 e. The maximum absolute atomic E-state index is 13.1. The molecule has 1 heterocycles. The zero-order valence-corrected chi connectivity index (χ0v) is 18.5. The van der Waals surface area contributed by atoms with Crippen molar-refractivity contribution in [3.8, 4) is 0 Å². The van der Waals surface area contributed by atoms with E-state index in [1.165, 1.54) is 12.1 Å². The van der Waals surface area contributed by atoms with E-state index in [0.717, 1.165) is 11.0 Å². The maximum atomic E-state index is 13.1. The van der Waals surface area contributed by atoms with Gasteiger partial charge in [0, 0.05) is 5.70 Å². The number of hydrogen-bond donors (Lipinski definition) is 2. The Hall–Kier alpha value is -3.13. The first-order valence-corrected chi connectivity index (χ1v) is 11.6. The van der Waals surface area contributed by atoms with Crippen molar-refractivity contribution in [2.45, 2.75) is 37.6 Å². The van der Waals surface area contributed by atoms with Crippen LogP contribution in [0.15, 0.2) is 70.6 Å². The fourth-order valence-corrected chi connectivity index (χ4v) is 4.65. The van der Waals surface area contributed by atoms with Gasteiger partial charge in [0.25, 0.3) is 0 Å². The van der Waals surface area contributed by atoms with E-state index < -0.39 is 33.8 Å². The molecule has 0 bridgehead atoms. The standard InChI is InChI=1S/C23H26N2O5S/c1-4-30-22(26)20-19(24-23(27)25-21(20)17-8-6-5-7-9-17)14-31(28,29)18-12-10-16(11-13-18)15(2)3/h5-15,20-21H,4H2,1-3H3,(H2,24,25,27)/b19-14+/t20-,21+/m0/s1. The summed E-state index contributed by atoms with van der Waals surface area (Å²) in [6, 6.07) is 14.1. The van der Waals surface area contributed by atoms with Gasteiger partial charge in [0.1, 0.15) is 5.92 Å². The lowest BCUT2D eigenvalue weighted by Gasteiger charge is -2.33. The molecule has 1 aliphatic rings. The Morgan fingerprint density at radius 3 is 2.32 bits per heavy atom. The number of carbonyl (C=O) groups is 2. The predicted octanol–water partition coefficient (Wildman–Crippen LogP) is 3.66. The molecule has 31 heavy (non-hydrogen) atoms. The lowest BCUT2D eigenvalue weighted by Crippen LogP contribution is -2.51. The molecule has 3 rings (SSSR count). The van der Waals surface area contributed by atoms with E-state index in [4.69, 9.17) is 4.74 Å². The van der Waals surface area contributed by atoms with Crippen LogP contribution in [0.1, 0.15) is 43.9 Å². The SMILES string of the molecule is CCOC(=O)[C@H]1/C(=C\S(=O)(=O)c2ccc(C(C)C)cc2)NC(=O)N[C@@H]1c1ccccc1. The highest BCUT2D eigenvalue weighted by atomic mass is 32.2. The summed E-state index contributed by atoms with van der Waals surface area (Å²) < 4.78 is 31.3. The molecular formula is C23H26N2O5S. The average Bonchev–Trinajstić information content (AvgIpc) is 2.74. The lowest BCUT2D eigenvalue weighted by atomic mass is 9.89. The van der Waals surface area contributed by atoms with Gasteiger partial charge in [0.2, 0.25) is 9.84 Å². The Morgan fingerprint density at radius 2 is 1.74 bits per heavy atom. The first-order chi connectivity index (χ1) is 14.7. The summed E-state index contributed by atoms with van der Waals surface area (Å²) >= 11 is 0. The van der Waals surface area contributed by atoms with Crippen molar-refractivity contribution in [3.63, 3.8) is 0 Å². The summed E-state index contributed by atoms with van der Waals surface area (Å²) in [5.41, 5.74) is 1.65. The van der Waals surface area contributed by atoms with Gasteiger partial charge in [-0.05, 0) is 36.1 Å². The molecule has 1 aliphatic heterocycles. The molecule has 0 saturated carbocycles. The highest BCUT2D eigenvalue weighted by molar-refractivity contribution is 7.94. The summed E-state index contributed by atoms with van der Waals surface area (Å²) in [6.07, 6.45) is 0. The van der Waals surface area contributed by atoms with Gasteiger partial charge in [0.05, 0.1) is 23.0 Å². The molecule has 8 heteroatoms. The zero-order valence-electron chi connectivity index (χ0n) is 17.7. The minimum absolute atomic E-state index is 0.0241. The van der Waals surface area contributed by atoms with Crippen molar-refractivity contribution in [1.82, 2.24) is 10.6 Å². The number of urea groups is 1. The number of ether oxygens (including phenoxy) is 1. The van der Waals surface area contributed by atoms with Crippen LogP contribution in [0.4, 0.5) is 4.79 Å². The van der Waals surface area contributed by atoms with E-state index in [-0.39, 0.29) is 23.1 Å². The minimum atomic E-state index is -3.93. The van der Waals surface area contributed by atoms with E-state index in [1.807, 2.05) is 19.9 Å². The first kappa shape index (κ1) is 22.6. The molecule has 2 amide bonds. The van der Waals surface area contributed by atoms with Crippen LogP contribution < -0.4 is 10.6 Å². The van der Waals surface area contributed by atoms with Gasteiger partial charge in [-0.25, -0.2) is 13.2 Å². The number of nitrogens with one attached hydrogen (secondary N) is 2. The molecule has 1 saturated heterocycles. The summed E-state index contributed by atoms with van der Waals surface area (Å²) in [4.78, 5) is 25.2. The van der Waals surface area contributed by atoms with Crippen LogP contribution in [0.5, 0.6) is 0 Å². The van der Waals surface area contributed by atoms with Crippen molar-refractivity contribution in [1.29, 1.82) is 0 Å². The van der Waals surface area contributed by atoms with E-state index in [2.05, 4.69) is 10.6 Å². The Balaban J connectivity index is 2.05. The maximum Gasteiger partial charge on any atom is 0.319 e. The van der Waals surface area contributed by atoms with Crippen molar-refractivity contribution in [2.24, 2.45) is 5.92 Å². The molecule has 2 aromatic carbocycles. The summed E-state index contributed by atoms with van der Waals surface area (Å²) in [5.74, 6) is -1.40. The molecule has 0 spiro atoms. The van der Waals surface area contributed by atoms with Gasteiger partial charge >= 0.3 is 12.0 Å². The van der Waals surface area contributed by atoms with Crippen LogP contribution in [-0.4, -0.2) is 27.0 Å². The third-order valence-corrected chi connectivity index (χ3v) is 6.56. The highest BCUT2D eigenvalue weighted by Crippen LogP contribution is 2.32. The smallest absolute Gasteiger partial charge is 0.319 e. The number of sulfone groups is 1. The van der Waals surface area contributed by atoms with Gasteiger partial charge in [-0.2, -0.15) is 0 Å². The van der Waals surface area contributed by atoms with Gasteiger partial charge in [-0.3, -0.25) is 4.79 Å². The monoisotopic (exact) mass is 442 g/mol. The van der Waals surface area contributed by atoms with Gasteiger partial charge in [-0.15, -0.1) is 0 Å². The Labute approximate surface area is 182 Å². The molecular weight excluding hydrogens is 416 g/mol. The first-order valence-electron chi connectivity index (χ1n) is 10.1. The van der Waals surface area contributed by atoms with Crippen LogP contribution >= 0.6 is 0 Å². The molecule has 2 N–H and O–H groups in total. The topological polar surface area (TPSA) is 102 Å². The third-order valence-electron chi connectivity index (χ3n) is 5.07. The molecule has 0 radical (unpaired) electrons. The van der Waals surface area contributed by atoms with Gasteiger partial charge < -0.3 is 15.4 Å². The summed E-state index contributed by atoms with van der Waals surface area (Å²) in [7, 11) is -3.93. The summed E-state index contributed by atoms with van der Waals surface area (Å²) in [5, 5.41) is 6.16. The van der Waals surface area contributed by atoms with Gasteiger partial charge in [0.15, 0.2) is 0 Å². The zero-order chi connectivity index (χ0) is 22.6. The van der Waals surface area contributed by atoms with Crippen LogP contribution in [-0.2, 0) is 19.4 Å². The molecule has 2 aromatic rings. The molecule has 164 valence electrons. The van der Waals surface area contributed by atoms with E-state index in [0.29, 0.717) is 5.56 Å². The van der Waals surface area contributed by atoms with E-state index in [1.54, 1.807) is 43.3 Å². The Morgan fingerprint density at radius 1 is 1.10 bits per heavy atom. The summed E-state index contributed by atoms with van der Waals surface area (Å²) in [6.45, 7) is 5.83. The van der Waals surface area contributed by atoms with Crippen LogP contribution in [0.2, 0.25) is 0 Å². The van der Waals surface area contributed by atoms with Crippen LogP contribution in [0, 0.1) is 5.92 Å². The average molecular weight is 443 g/mol. The number of esters is 1. The molecule has 0 aromatic heterocycles. The quantitative estimate of drug-likeness (QED) is 0.665. The molecule has 0 unspecified atom stereocenters. The Kier molecular flexibility index (Phi) is 6.80. The second-order valence-electron chi connectivity index (χ2n) is 7.56. The van der Waals surface area contributed by atoms with Crippen molar-refractivity contribution in [2.75, 3.05) is 6.61 Å². The van der Waals surface area contributed by atoms with Crippen molar-refractivity contribution in [3.05, 3.63) is 76.8 Å². The van der Waals surface area contributed by atoms with Crippen LogP contribution in [0.25, 0.3) is 0 Å². The number of amides is 2. The predicted molar refractivity (Wildman–Crippen MR) is 117 cm³/mol. The molecule has 7 nitrogen and oxygen atoms in total. The second-order valence-corrected chi connectivity index (χ2v) is 9.36. The van der Waals surface area contributed by atoms with E-state index in [9.17, 15) is 18.0 Å². The fraction of sp³-hybridized carbons (Fsp3) is 0.304. The second kappa shape index (κ2) is 9.34. The van der Waals surface area contributed by atoms with Crippen molar-refractivity contribution < 1.29 is 22.7 Å². The van der Waals surface area contributed by atoms with Gasteiger partial charge in [-0.1, -0.05) is 56.3 Å². The van der Waals surface area contributed by atoms with E-state index >= 15 is 0 Å².